The van der Waals surface area contributed by atoms with Crippen molar-refractivity contribution >= 4 is 23.5 Å². The van der Waals surface area contributed by atoms with Gasteiger partial charge in [-0.25, -0.2) is 0 Å². The highest BCUT2D eigenvalue weighted by molar-refractivity contribution is 6.30. The Kier molecular flexibility index (Phi) is 7.02. The Balaban J connectivity index is 2.64. The van der Waals surface area contributed by atoms with Crippen LogP contribution >= 0.6 is 11.6 Å². The highest BCUT2D eigenvalue weighted by atomic mass is 35.5. The minimum atomic E-state index is -0.710. The van der Waals surface area contributed by atoms with E-state index >= 15 is 0 Å². The summed E-state index contributed by atoms with van der Waals surface area (Å²) < 4.78 is 10.4. The fraction of sp³-hybridized carbons (Fsp3) is 0.467. The Morgan fingerprint density at radius 2 is 2.05 bits per heavy atom. The van der Waals surface area contributed by atoms with Gasteiger partial charge in [-0.3, -0.25) is 9.59 Å². The summed E-state index contributed by atoms with van der Waals surface area (Å²) >= 11 is 5.86. The first-order valence-electron chi connectivity index (χ1n) is 6.84. The summed E-state index contributed by atoms with van der Waals surface area (Å²) in [7, 11) is 0. The minimum absolute atomic E-state index is 0.0770. The molecule has 0 bridgehead atoms. The lowest BCUT2D eigenvalue weighted by atomic mass is 10.3. The zero-order chi connectivity index (χ0) is 15.8. The highest BCUT2D eigenvalue weighted by Gasteiger charge is 2.23. The molecular formula is C15H20ClNO4. The monoisotopic (exact) mass is 313 g/mol. The third-order valence-electron chi connectivity index (χ3n) is 2.78. The molecule has 1 rings (SSSR count). The van der Waals surface area contributed by atoms with Gasteiger partial charge in [-0.15, -0.1) is 0 Å². The predicted octanol–water partition coefficient (Wildman–Crippen LogP) is 2.52. The third kappa shape index (κ3) is 5.63. The van der Waals surface area contributed by atoms with Crippen molar-refractivity contribution in [2.24, 2.45) is 0 Å². The van der Waals surface area contributed by atoms with E-state index in [-0.39, 0.29) is 12.5 Å². The molecule has 116 valence electrons. The van der Waals surface area contributed by atoms with Gasteiger partial charge in [-0.05, 0) is 39.0 Å². The number of esters is 1. The first-order valence-corrected chi connectivity index (χ1v) is 7.22. The van der Waals surface area contributed by atoms with Gasteiger partial charge in [0.05, 0.1) is 6.61 Å². The average Bonchev–Trinajstić information content (AvgIpc) is 2.44. The number of likely N-dealkylation sites (N-methyl/N-ethyl adjacent to an activating group) is 1. The Labute approximate surface area is 129 Å². The largest absolute Gasteiger partial charge is 0.481 e. The van der Waals surface area contributed by atoms with Crippen LogP contribution in [0.5, 0.6) is 5.75 Å². The molecule has 0 aromatic heterocycles. The highest BCUT2D eigenvalue weighted by Crippen LogP contribution is 2.18. The van der Waals surface area contributed by atoms with E-state index in [0.29, 0.717) is 23.9 Å². The molecule has 1 aromatic rings. The molecule has 0 fully saturated rings. The number of amides is 1. The van der Waals surface area contributed by atoms with E-state index in [1.165, 1.54) is 4.90 Å². The first-order chi connectivity index (χ1) is 9.97. The van der Waals surface area contributed by atoms with Crippen LogP contribution < -0.4 is 4.74 Å². The normalized spacial score (nSPS) is 11.6. The van der Waals surface area contributed by atoms with Gasteiger partial charge in [0.15, 0.2) is 6.10 Å². The second-order valence-corrected chi connectivity index (χ2v) is 4.81. The van der Waals surface area contributed by atoms with Gasteiger partial charge in [-0.2, -0.15) is 0 Å². The molecule has 1 unspecified atom stereocenters. The van der Waals surface area contributed by atoms with E-state index in [4.69, 9.17) is 21.1 Å². The van der Waals surface area contributed by atoms with Crippen molar-refractivity contribution < 1.29 is 19.1 Å². The van der Waals surface area contributed by atoms with Crippen LogP contribution in [0.2, 0.25) is 5.02 Å². The maximum Gasteiger partial charge on any atom is 0.325 e. The van der Waals surface area contributed by atoms with E-state index in [9.17, 15) is 9.59 Å². The van der Waals surface area contributed by atoms with Crippen LogP contribution in [-0.4, -0.2) is 42.6 Å². The van der Waals surface area contributed by atoms with Gasteiger partial charge in [0, 0.05) is 11.6 Å². The van der Waals surface area contributed by atoms with Crippen molar-refractivity contribution in [2.45, 2.75) is 26.9 Å². The predicted molar refractivity (Wildman–Crippen MR) is 80.4 cm³/mol. The lowest BCUT2D eigenvalue weighted by molar-refractivity contribution is -0.150. The van der Waals surface area contributed by atoms with Gasteiger partial charge in [0.2, 0.25) is 0 Å². The van der Waals surface area contributed by atoms with Crippen molar-refractivity contribution in [1.29, 1.82) is 0 Å². The van der Waals surface area contributed by atoms with Gasteiger partial charge < -0.3 is 14.4 Å². The second-order valence-electron chi connectivity index (χ2n) is 4.37. The number of hydrogen-bond acceptors (Lipinski definition) is 4. The van der Waals surface area contributed by atoms with E-state index in [2.05, 4.69) is 0 Å². The molecule has 1 atom stereocenters. The van der Waals surface area contributed by atoms with Crippen molar-refractivity contribution in [1.82, 2.24) is 4.90 Å². The standard InChI is InChI=1S/C15H20ClNO4/c1-4-17(10-14(18)20-5-2)15(19)11(3)21-13-8-6-7-12(16)9-13/h6-9,11H,4-5,10H2,1-3H3. The summed E-state index contributed by atoms with van der Waals surface area (Å²) in [5.74, 6) is -0.191. The van der Waals surface area contributed by atoms with Crippen molar-refractivity contribution in [3.8, 4) is 5.75 Å². The van der Waals surface area contributed by atoms with Gasteiger partial charge in [0.25, 0.3) is 5.91 Å². The minimum Gasteiger partial charge on any atom is -0.481 e. The number of ether oxygens (including phenoxy) is 2. The van der Waals surface area contributed by atoms with Crippen LogP contribution in [0.25, 0.3) is 0 Å². The lowest BCUT2D eigenvalue weighted by Crippen LogP contribution is -2.43. The van der Waals surface area contributed by atoms with E-state index in [1.807, 2.05) is 0 Å². The van der Waals surface area contributed by atoms with E-state index in [1.54, 1.807) is 45.0 Å². The summed E-state index contributed by atoms with van der Waals surface area (Å²) in [5, 5.41) is 0.533. The number of benzene rings is 1. The molecule has 0 aliphatic heterocycles. The molecule has 0 saturated heterocycles. The smallest absolute Gasteiger partial charge is 0.325 e. The number of carbonyl (C=O) groups excluding carboxylic acids is 2. The van der Waals surface area contributed by atoms with Gasteiger partial charge >= 0.3 is 5.97 Å². The molecule has 1 aromatic carbocycles. The quantitative estimate of drug-likeness (QED) is 0.726. The molecule has 0 N–H and O–H groups in total. The molecule has 0 saturated carbocycles. The molecular weight excluding hydrogens is 294 g/mol. The molecule has 5 nitrogen and oxygen atoms in total. The van der Waals surface area contributed by atoms with E-state index < -0.39 is 12.1 Å². The summed E-state index contributed by atoms with van der Waals surface area (Å²) in [6.07, 6.45) is -0.710. The maximum atomic E-state index is 12.3. The Morgan fingerprint density at radius 3 is 2.62 bits per heavy atom. The van der Waals surface area contributed by atoms with Crippen molar-refractivity contribution in [3.05, 3.63) is 29.3 Å². The molecule has 21 heavy (non-hydrogen) atoms. The molecule has 0 heterocycles. The van der Waals surface area contributed by atoms with Crippen LogP contribution in [0.3, 0.4) is 0 Å². The molecule has 0 spiro atoms. The van der Waals surface area contributed by atoms with Crippen molar-refractivity contribution in [3.63, 3.8) is 0 Å². The molecule has 0 aliphatic carbocycles. The average molecular weight is 314 g/mol. The molecule has 1 amide bonds. The van der Waals surface area contributed by atoms with Crippen molar-refractivity contribution in [2.75, 3.05) is 19.7 Å². The number of carbonyl (C=O) groups is 2. The van der Waals surface area contributed by atoms with Crippen LogP contribution in [0, 0.1) is 0 Å². The Bertz CT molecular complexity index is 492. The fourth-order valence-corrected chi connectivity index (χ4v) is 1.94. The fourth-order valence-electron chi connectivity index (χ4n) is 1.76. The Hall–Kier alpha value is -1.75. The van der Waals surface area contributed by atoms with Gasteiger partial charge in [0.1, 0.15) is 12.3 Å². The van der Waals surface area contributed by atoms with Gasteiger partial charge in [-0.1, -0.05) is 17.7 Å². The molecule has 6 heteroatoms. The topological polar surface area (TPSA) is 55.8 Å². The SMILES string of the molecule is CCOC(=O)CN(CC)C(=O)C(C)Oc1cccc(Cl)c1. The zero-order valence-electron chi connectivity index (χ0n) is 12.5. The molecule has 0 radical (unpaired) electrons. The maximum absolute atomic E-state index is 12.3. The number of nitrogens with zero attached hydrogens (tertiary/aromatic N) is 1. The third-order valence-corrected chi connectivity index (χ3v) is 3.01. The van der Waals surface area contributed by atoms with Crippen LogP contribution in [0.4, 0.5) is 0 Å². The summed E-state index contributed by atoms with van der Waals surface area (Å²) in [5.41, 5.74) is 0. The van der Waals surface area contributed by atoms with Crippen LogP contribution in [0.15, 0.2) is 24.3 Å². The lowest BCUT2D eigenvalue weighted by Gasteiger charge is -2.24. The van der Waals surface area contributed by atoms with Crippen LogP contribution in [0.1, 0.15) is 20.8 Å². The zero-order valence-corrected chi connectivity index (χ0v) is 13.2. The Morgan fingerprint density at radius 1 is 1.33 bits per heavy atom. The second kappa shape index (κ2) is 8.52. The number of halogens is 1. The number of hydrogen-bond donors (Lipinski definition) is 0. The first kappa shape index (κ1) is 17.3. The molecule has 0 aliphatic rings. The summed E-state index contributed by atoms with van der Waals surface area (Å²) in [6.45, 7) is 5.77. The number of rotatable bonds is 7. The summed E-state index contributed by atoms with van der Waals surface area (Å²) in [6, 6.07) is 6.81. The van der Waals surface area contributed by atoms with E-state index in [0.717, 1.165) is 0 Å². The van der Waals surface area contributed by atoms with Crippen LogP contribution in [-0.2, 0) is 14.3 Å². The summed E-state index contributed by atoms with van der Waals surface area (Å²) in [4.78, 5) is 25.1.